The molecule has 0 bridgehead atoms. The van der Waals surface area contributed by atoms with Gasteiger partial charge in [0, 0.05) is 32.8 Å². The minimum atomic E-state index is 0.449. The maximum Gasteiger partial charge on any atom is 0.0472 e. The van der Waals surface area contributed by atoms with Gasteiger partial charge in [0.05, 0.1) is 0 Å². The van der Waals surface area contributed by atoms with Gasteiger partial charge in [0.2, 0.25) is 0 Å². The fraction of sp³-hybridized carbons (Fsp3) is 1.00. The number of nitrogens with zero attached hydrogens (tertiary/aromatic N) is 1. The molecule has 0 radical (unpaired) electrons. The minimum Gasteiger partial charge on any atom is -0.381 e. The molecule has 3 heteroatoms. The Hall–Kier alpha value is -0.120. The summed E-state index contributed by atoms with van der Waals surface area (Å²) in [5.41, 5.74) is 1.05. The molecule has 0 amide bonds. The van der Waals surface area contributed by atoms with Crippen molar-refractivity contribution in [1.29, 1.82) is 0 Å². The van der Waals surface area contributed by atoms with Gasteiger partial charge in [-0.3, -0.25) is 0 Å². The summed E-state index contributed by atoms with van der Waals surface area (Å²) >= 11 is 0. The van der Waals surface area contributed by atoms with Gasteiger partial charge >= 0.3 is 0 Å². The van der Waals surface area contributed by atoms with E-state index < -0.39 is 0 Å². The van der Waals surface area contributed by atoms with E-state index in [-0.39, 0.29) is 0 Å². The molecule has 1 N–H and O–H groups in total. The number of ether oxygens (including phenoxy) is 1. The molecule has 2 aliphatic rings. The van der Waals surface area contributed by atoms with Crippen molar-refractivity contribution in [3.05, 3.63) is 0 Å². The van der Waals surface area contributed by atoms with Crippen molar-refractivity contribution in [3.8, 4) is 0 Å². The van der Waals surface area contributed by atoms with Crippen LogP contribution in [0.3, 0.4) is 0 Å². The van der Waals surface area contributed by atoms with Crippen molar-refractivity contribution in [2.24, 2.45) is 10.8 Å². The number of likely N-dealkylation sites (tertiary alicyclic amines) is 1. The van der Waals surface area contributed by atoms with E-state index in [2.05, 4.69) is 31.0 Å². The van der Waals surface area contributed by atoms with Gasteiger partial charge in [0.25, 0.3) is 0 Å². The van der Waals surface area contributed by atoms with Crippen LogP contribution in [0.4, 0.5) is 0 Å². The fourth-order valence-corrected chi connectivity index (χ4v) is 4.19. The van der Waals surface area contributed by atoms with E-state index in [4.69, 9.17) is 4.74 Å². The first-order valence-electron chi connectivity index (χ1n) is 9.18. The van der Waals surface area contributed by atoms with Crippen molar-refractivity contribution >= 4 is 0 Å². The molecular formula is C18H36N2O. The normalized spacial score (nSPS) is 25.3. The Balaban J connectivity index is 1.92. The molecule has 0 atom stereocenters. The van der Waals surface area contributed by atoms with E-state index in [1.807, 2.05) is 0 Å². The van der Waals surface area contributed by atoms with E-state index in [0.717, 1.165) is 19.8 Å². The van der Waals surface area contributed by atoms with Crippen molar-refractivity contribution < 1.29 is 4.74 Å². The molecule has 0 aromatic rings. The first kappa shape index (κ1) is 17.2. The number of nitrogens with one attached hydrogen (secondary N) is 1. The van der Waals surface area contributed by atoms with Crippen LogP contribution in [0.5, 0.6) is 0 Å². The highest BCUT2D eigenvalue weighted by Gasteiger charge is 2.40. The highest BCUT2D eigenvalue weighted by molar-refractivity contribution is 4.93. The van der Waals surface area contributed by atoms with Crippen LogP contribution in [-0.2, 0) is 4.74 Å². The summed E-state index contributed by atoms with van der Waals surface area (Å²) < 4.78 is 5.63. The zero-order valence-corrected chi connectivity index (χ0v) is 14.5. The van der Waals surface area contributed by atoms with Gasteiger partial charge in [-0.2, -0.15) is 0 Å². The molecule has 0 aromatic carbocycles. The van der Waals surface area contributed by atoms with Crippen LogP contribution in [0.25, 0.3) is 0 Å². The van der Waals surface area contributed by atoms with Crippen LogP contribution in [-0.4, -0.2) is 50.8 Å². The van der Waals surface area contributed by atoms with E-state index in [0.29, 0.717) is 10.8 Å². The molecule has 2 saturated heterocycles. The molecule has 0 unspecified atom stereocenters. The maximum atomic E-state index is 5.63. The van der Waals surface area contributed by atoms with Crippen molar-refractivity contribution in [3.63, 3.8) is 0 Å². The summed E-state index contributed by atoms with van der Waals surface area (Å²) in [7, 11) is 0. The van der Waals surface area contributed by atoms with Gasteiger partial charge in [0.15, 0.2) is 0 Å². The van der Waals surface area contributed by atoms with Crippen molar-refractivity contribution in [1.82, 2.24) is 10.2 Å². The Kier molecular flexibility index (Phi) is 6.51. The van der Waals surface area contributed by atoms with Crippen LogP contribution in [0.1, 0.15) is 59.3 Å². The lowest BCUT2D eigenvalue weighted by molar-refractivity contribution is -0.00254. The Bertz CT molecular complexity index is 296. The van der Waals surface area contributed by atoms with Gasteiger partial charge in [-0.25, -0.2) is 0 Å². The average molecular weight is 296 g/mol. The van der Waals surface area contributed by atoms with Crippen molar-refractivity contribution in [2.45, 2.75) is 59.3 Å². The Labute approximate surface area is 131 Å². The molecule has 0 aromatic heterocycles. The topological polar surface area (TPSA) is 24.5 Å². The predicted octanol–water partition coefficient (Wildman–Crippen LogP) is 3.29. The predicted molar refractivity (Wildman–Crippen MR) is 89.7 cm³/mol. The molecule has 2 aliphatic heterocycles. The molecule has 21 heavy (non-hydrogen) atoms. The third-order valence-electron chi connectivity index (χ3n) is 6.06. The molecule has 3 nitrogen and oxygen atoms in total. The number of hydrogen-bond acceptors (Lipinski definition) is 3. The maximum absolute atomic E-state index is 5.63. The molecule has 0 spiro atoms. The Morgan fingerprint density at radius 2 is 1.71 bits per heavy atom. The molecule has 0 saturated carbocycles. The fourth-order valence-electron chi connectivity index (χ4n) is 4.19. The second-order valence-electron chi connectivity index (χ2n) is 7.46. The highest BCUT2D eigenvalue weighted by atomic mass is 16.5. The van der Waals surface area contributed by atoms with Gasteiger partial charge in [-0.05, 0) is 62.4 Å². The largest absolute Gasteiger partial charge is 0.381 e. The quantitative estimate of drug-likeness (QED) is 0.696. The van der Waals surface area contributed by atoms with Crippen LogP contribution < -0.4 is 5.32 Å². The van der Waals surface area contributed by atoms with E-state index in [9.17, 15) is 0 Å². The SMILES string of the molecule is CCCNCC1(CN2CCC(CC)(CC)C2)CCOCC1. The third-order valence-corrected chi connectivity index (χ3v) is 6.06. The summed E-state index contributed by atoms with van der Waals surface area (Å²) in [6, 6.07) is 0. The Morgan fingerprint density at radius 3 is 2.29 bits per heavy atom. The van der Waals surface area contributed by atoms with Gasteiger partial charge < -0.3 is 15.0 Å². The van der Waals surface area contributed by atoms with Gasteiger partial charge in [-0.15, -0.1) is 0 Å². The third kappa shape index (κ3) is 4.43. The van der Waals surface area contributed by atoms with E-state index >= 15 is 0 Å². The molecular weight excluding hydrogens is 260 g/mol. The first-order valence-corrected chi connectivity index (χ1v) is 9.18. The number of hydrogen-bond donors (Lipinski definition) is 1. The van der Waals surface area contributed by atoms with E-state index in [1.165, 1.54) is 64.7 Å². The minimum absolute atomic E-state index is 0.449. The lowest BCUT2D eigenvalue weighted by Gasteiger charge is -2.41. The van der Waals surface area contributed by atoms with Crippen LogP contribution in [0.2, 0.25) is 0 Å². The second-order valence-corrected chi connectivity index (χ2v) is 7.46. The molecule has 0 aliphatic carbocycles. The van der Waals surface area contributed by atoms with Gasteiger partial charge in [0.1, 0.15) is 0 Å². The van der Waals surface area contributed by atoms with E-state index in [1.54, 1.807) is 0 Å². The first-order chi connectivity index (χ1) is 10.2. The summed E-state index contributed by atoms with van der Waals surface area (Å²) in [6.07, 6.45) is 7.76. The highest BCUT2D eigenvalue weighted by Crippen LogP contribution is 2.40. The monoisotopic (exact) mass is 296 g/mol. The van der Waals surface area contributed by atoms with Crippen LogP contribution in [0.15, 0.2) is 0 Å². The summed E-state index contributed by atoms with van der Waals surface area (Å²) in [5, 5.41) is 3.69. The smallest absolute Gasteiger partial charge is 0.0472 e. The summed E-state index contributed by atoms with van der Waals surface area (Å²) in [4.78, 5) is 2.76. The Morgan fingerprint density at radius 1 is 1.00 bits per heavy atom. The molecule has 2 heterocycles. The summed E-state index contributed by atoms with van der Waals surface area (Å²) in [6.45, 7) is 15.1. The van der Waals surface area contributed by atoms with Crippen LogP contribution in [0, 0.1) is 10.8 Å². The molecule has 2 rings (SSSR count). The van der Waals surface area contributed by atoms with Crippen molar-refractivity contribution in [2.75, 3.05) is 45.9 Å². The zero-order chi connectivity index (χ0) is 15.2. The molecule has 124 valence electrons. The lowest BCUT2D eigenvalue weighted by Crippen LogP contribution is -2.47. The summed E-state index contributed by atoms with van der Waals surface area (Å²) in [5.74, 6) is 0. The molecule has 2 fully saturated rings. The lowest BCUT2D eigenvalue weighted by atomic mass is 9.79. The number of rotatable bonds is 8. The second kappa shape index (κ2) is 7.94. The van der Waals surface area contributed by atoms with Crippen LogP contribution >= 0.6 is 0 Å². The van der Waals surface area contributed by atoms with Gasteiger partial charge in [-0.1, -0.05) is 20.8 Å². The zero-order valence-electron chi connectivity index (χ0n) is 14.5. The standard InChI is InChI=1S/C18H36N2O/c1-4-10-19-14-18(8-12-21-13-9-18)16-20-11-7-17(5-2,6-3)15-20/h19H,4-16H2,1-3H3. The average Bonchev–Trinajstić information content (AvgIpc) is 2.92.